The van der Waals surface area contributed by atoms with Gasteiger partial charge in [-0.3, -0.25) is 9.35 Å². The third kappa shape index (κ3) is 8.13. The number of aryl methyl sites for hydroxylation is 3. The fourth-order valence-electron chi connectivity index (χ4n) is 2.72. The standard InChI is InChI=1S/C13H19NO2.C8H11NO3S/c1-4-14(8-9-16-12(3)15)13-7-5-6-11(2)10-13;1-5-3-6(2)8(4-7(5)9)13(10,11)12/h5-7,10H,4,8-9H2,1-3H3;3-4H,9H2,1-2H3,(H,10,11,12). The molecule has 7 nitrogen and oxygen atoms in total. The molecular formula is C21H30N2O5S. The maximum absolute atomic E-state index is 10.8. The van der Waals surface area contributed by atoms with Gasteiger partial charge in [0.15, 0.2) is 0 Å². The molecule has 2 aromatic rings. The predicted molar refractivity (Wildman–Crippen MR) is 116 cm³/mol. The van der Waals surface area contributed by atoms with Crippen LogP contribution < -0.4 is 10.6 Å². The maximum Gasteiger partial charge on any atom is 0.302 e. The van der Waals surface area contributed by atoms with Gasteiger partial charge in [-0.1, -0.05) is 18.2 Å². The second kappa shape index (κ2) is 10.8. The summed E-state index contributed by atoms with van der Waals surface area (Å²) in [5.74, 6) is -0.222. The molecule has 0 aliphatic carbocycles. The number of likely N-dealkylation sites (N-methyl/N-ethyl adjacent to an activating group) is 1. The molecule has 29 heavy (non-hydrogen) atoms. The first-order valence-electron chi connectivity index (χ1n) is 9.24. The third-order valence-electron chi connectivity index (χ3n) is 4.26. The molecule has 0 aliphatic heterocycles. The fourth-order valence-corrected chi connectivity index (χ4v) is 3.46. The minimum absolute atomic E-state index is 0.129. The number of hydrogen-bond donors (Lipinski definition) is 2. The Hall–Kier alpha value is -2.58. The molecule has 0 unspecified atom stereocenters. The van der Waals surface area contributed by atoms with Crippen LogP contribution >= 0.6 is 0 Å². The number of rotatable bonds is 6. The Morgan fingerprint density at radius 2 is 1.79 bits per heavy atom. The van der Waals surface area contributed by atoms with Crippen LogP contribution in [0.2, 0.25) is 0 Å². The average molecular weight is 423 g/mol. The number of benzene rings is 2. The second-order valence-electron chi connectivity index (χ2n) is 6.71. The smallest absolute Gasteiger partial charge is 0.302 e. The van der Waals surface area contributed by atoms with Gasteiger partial charge < -0.3 is 15.4 Å². The fraction of sp³-hybridized carbons (Fsp3) is 0.381. The molecule has 8 heteroatoms. The van der Waals surface area contributed by atoms with Crippen molar-refractivity contribution in [3.8, 4) is 0 Å². The lowest BCUT2D eigenvalue weighted by Gasteiger charge is -2.23. The summed E-state index contributed by atoms with van der Waals surface area (Å²) < 4.78 is 35.4. The largest absolute Gasteiger partial charge is 0.464 e. The first-order chi connectivity index (χ1) is 13.5. The molecule has 0 saturated carbocycles. The number of nitrogen functional groups attached to an aromatic ring is 1. The van der Waals surface area contributed by atoms with E-state index in [9.17, 15) is 13.2 Å². The molecule has 160 valence electrons. The van der Waals surface area contributed by atoms with Crippen LogP contribution in [0.3, 0.4) is 0 Å². The Morgan fingerprint density at radius 1 is 1.14 bits per heavy atom. The van der Waals surface area contributed by atoms with E-state index in [1.165, 1.54) is 24.2 Å². The molecule has 0 saturated heterocycles. The van der Waals surface area contributed by atoms with Gasteiger partial charge in [0.25, 0.3) is 10.1 Å². The average Bonchev–Trinajstić information content (AvgIpc) is 2.61. The van der Waals surface area contributed by atoms with E-state index in [4.69, 9.17) is 15.0 Å². The van der Waals surface area contributed by atoms with E-state index in [1.54, 1.807) is 19.9 Å². The summed E-state index contributed by atoms with van der Waals surface area (Å²) in [6, 6.07) is 11.2. The van der Waals surface area contributed by atoms with Gasteiger partial charge in [-0.05, 0) is 62.6 Å². The number of esters is 1. The summed E-state index contributed by atoms with van der Waals surface area (Å²) in [6.07, 6.45) is 0. The number of nitrogens with two attached hydrogens (primary N) is 1. The van der Waals surface area contributed by atoms with Crippen molar-refractivity contribution < 1.29 is 22.5 Å². The highest BCUT2D eigenvalue weighted by molar-refractivity contribution is 7.85. The van der Waals surface area contributed by atoms with Gasteiger partial charge in [-0.2, -0.15) is 8.42 Å². The van der Waals surface area contributed by atoms with Crippen molar-refractivity contribution in [2.45, 2.75) is 39.5 Å². The maximum atomic E-state index is 10.8. The summed E-state index contributed by atoms with van der Waals surface area (Å²) in [6.45, 7) is 11.1. The van der Waals surface area contributed by atoms with E-state index in [1.807, 2.05) is 6.07 Å². The van der Waals surface area contributed by atoms with Crippen molar-refractivity contribution in [2.24, 2.45) is 0 Å². The van der Waals surface area contributed by atoms with Crippen LogP contribution in [-0.4, -0.2) is 38.6 Å². The van der Waals surface area contributed by atoms with Gasteiger partial charge in [0.2, 0.25) is 0 Å². The summed E-state index contributed by atoms with van der Waals surface area (Å²) in [4.78, 5) is 12.7. The minimum Gasteiger partial charge on any atom is -0.464 e. The van der Waals surface area contributed by atoms with Gasteiger partial charge in [-0.25, -0.2) is 0 Å². The van der Waals surface area contributed by atoms with Crippen molar-refractivity contribution in [1.29, 1.82) is 0 Å². The highest BCUT2D eigenvalue weighted by Crippen LogP contribution is 2.21. The van der Waals surface area contributed by atoms with Gasteiger partial charge in [0, 0.05) is 24.8 Å². The molecule has 0 fully saturated rings. The third-order valence-corrected chi connectivity index (χ3v) is 5.25. The van der Waals surface area contributed by atoms with E-state index in [0.29, 0.717) is 17.9 Å². The van der Waals surface area contributed by atoms with Crippen molar-refractivity contribution in [2.75, 3.05) is 30.3 Å². The Morgan fingerprint density at radius 3 is 2.31 bits per heavy atom. The lowest BCUT2D eigenvalue weighted by Crippen LogP contribution is -2.27. The molecular weight excluding hydrogens is 392 g/mol. The van der Waals surface area contributed by atoms with Crippen LogP contribution in [-0.2, 0) is 19.6 Å². The number of ether oxygens (including phenoxy) is 1. The summed E-state index contributed by atoms with van der Waals surface area (Å²) in [5.41, 5.74) is 9.58. The zero-order valence-corrected chi connectivity index (χ0v) is 18.4. The van der Waals surface area contributed by atoms with E-state index in [0.717, 1.165) is 18.7 Å². The van der Waals surface area contributed by atoms with Gasteiger partial charge in [-0.15, -0.1) is 0 Å². The Balaban J connectivity index is 0.000000296. The van der Waals surface area contributed by atoms with E-state index in [2.05, 4.69) is 36.9 Å². The molecule has 0 atom stereocenters. The zero-order valence-electron chi connectivity index (χ0n) is 17.6. The number of carbonyl (C=O) groups is 1. The molecule has 2 rings (SSSR count). The van der Waals surface area contributed by atoms with Crippen LogP contribution in [0.15, 0.2) is 41.3 Å². The lowest BCUT2D eigenvalue weighted by molar-refractivity contribution is -0.140. The number of hydrogen-bond acceptors (Lipinski definition) is 6. The minimum atomic E-state index is -4.15. The summed E-state index contributed by atoms with van der Waals surface area (Å²) >= 11 is 0. The van der Waals surface area contributed by atoms with Gasteiger partial charge in [0.1, 0.15) is 6.61 Å². The highest BCUT2D eigenvalue weighted by Gasteiger charge is 2.14. The zero-order chi connectivity index (χ0) is 22.2. The Bertz CT molecular complexity index is 942. The van der Waals surface area contributed by atoms with Crippen molar-refractivity contribution >= 4 is 27.5 Å². The topological polar surface area (TPSA) is 110 Å². The first-order valence-corrected chi connectivity index (χ1v) is 10.7. The normalized spacial score (nSPS) is 10.7. The Labute approximate surface area is 173 Å². The van der Waals surface area contributed by atoms with Crippen molar-refractivity contribution in [3.63, 3.8) is 0 Å². The quantitative estimate of drug-likeness (QED) is 0.416. The highest BCUT2D eigenvalue weighted by atomic mass is 32.2. The molecule has 3 N–H and O–H groups in total. The molecule has 0 amide bonds. The van der Waals surface area contributed by atoms with Crippen LogP contribution in [0.25, 0.3) is 0 Å². The van der Waals surface area contributed by atoms with Gasteiger partial charge in [0.05, 0.1) is 11.4 Å². The molecule has 0 spiro atoms. The van der Waals surface area contributed by atoms with E-state index >= 15 is 0 Å². The number of nitrogens with zero attached hydrogens (tertiary/aromatic N) is 1. The van der Waals surface area contributed by atoms with Crippen LogP contribution in [0, 0.1) is 20.8 Å². The molecule has 0 bridgehead atoms. The van der Waals surface area contributed by atoms with E-state index < -0.39 is 10.1 Å². The second-order valence-corrected chi connectivity index (χ2v) is 8.10. The Kier molecular flexibility index (Phi) is 9.13. The van der Waals surface area contributed by atoms with E-state index in [-0.39, 0.29) is 10.9 Å². The lowest BCUT2D eigenvalue weighted by atomic mass is 10.1. The SMILES string of the molecule is CCN(CCOC(C)=O)c1cccc(C)c1.Cc1cc(C)c(S(=O)(=O)O)cc1N. The van der Waals surface area contributed by atoms with Crippen LogP contribution in [0.4, 0.5) is 11.4 Å². The molecule has 0 heterocycles. The van der Waals surface area contributed by atoms with Crippen LogP contribution in [0.5, 0.6) is 0 Å². The number of anilines is 2. The monoisotopic (exact) mass is 422 g/mol. The van der Waals surface area contributed by atoms with Crippen molar-refractivity contribution in [1.82, 2.24) is 0 Å². The molecule has 0 aliphatic rings. The predicted octanol–water partition coefficient (Wildman–Crippen LogP) is 3.52. The molecule has 0 aromatic heterocycles. The number of carbonyl (C=O) groups excluding carboxylic acids is 1. The summed E-state index contributed by atoms with van der Waals surface area (Å²) in [7, 11) is -4.15. The molecule has 2 aromatic carbocycles. The van der Waals surface area contributed by atoms with Crippen molar-refractivity contribution in [3.05, 3.63) is 53.1 Å². The summed E-state index contributed by atoms with van der Waals surface area (Å²) in [5, 5.41) is 0. The first kappa shape index (κ1) is 24.5. The molecule has 0 radical (unpaired) electrons. The van der Waals surface area contributed by atoms with Crippen LogP contribution in [0.1, 0.15) is 30.5 Å². The van der Waals surface area contributed by atoms with Gasteiger partial charge >= 0.3 is 5.97 Å².